The molecule has 0 aliphatic rings. The van der Waals surface area contributed by atoms with Gasteiger partial charge < -0.3 is 0 Å². The molecule has 14 heavy (non-hydrogen) atoms. The van der Waals surface area contributed by atoms with Crippen molar-refractivity contribution in [3.05, 3.63) is 35.9 Å². The van der Waals surface area contributed by atoms with Gasteiger partial charge in [-0.1, -0.05) is 69.0 Å². The quantitative estimate of drug-likeness (QED) is 0.676. The third-order valence-electron chi connectivity index (χ3n) is 1.65. The largest absolute Gasteiger partial charge is 0.147 e. The summed E-state index contributed by atoms with van der Waals surface area (Å²) in [5.74, 6) is 0. The van der Waals surface area contributed by atoms with Gasteiger partial charge in [0.25, 0.3) is 0 Å². The minimum atomic E-state index is 0. The van der Waals surface area contributed by atoms with Gasteiger partial charge in [-0.15, -0.1) is 24.8 Å². The Bertz CT molecular complexity index is 171. The molecule has 0 saturated heterocycles. The van der Waals surface area contributed by atoms with Crippen molar-refractivity contribution in [3.63, 3.8) is 0 Å². The predicted octanol–water partition coefficient (Wildman–Crippen LogP) is 5.04. The molecule has 1 aromatic carbocycles. The molecular weight excluding hydrogens is 215 g/mol. The molecule has 0 nitrogen and oxygen atoms in total. The van der Waals surface area contributed by atoms with Gasteiger partial charge >= 0.3 is 0 Å². The maximum atomic E-state index is 2.21. The Morgan fingerprint density at radius 1 is 0.857 bits per heavy atom. The fourth-order valence-electron chi connectivity index (χ4n) is 0.888. The maximum absolute atomic E-state index is 2.21. The lowest BCUT2D eigenvalue weighted by Gasteiger charge is -1.82. The highest BCUT2D eigenvalue weighted by molar-refractivity contribution is 5.85. The molecule has 0 radical (unpaired) electrons. The van der Waals surface area contributed by atoms with E-state index in [0.29, 0.717) is 0 Å². The van der Waals surface area contributed by atoms with Crippen molar-refractivity contribution < 1.29 is 0 Å². The molecule has 0 saturated carbocycles. The highest BCUT2D eigenvalue weighted by Gasteiger charge is 1.72. The third-order valence-corrected chi connectivity index (χ3v) is 1.65. The van der Waals surface area contributed by atoms with E-state index in [2.05, 4.69) is 32.9 Å². The van der Waals surface area contributed by atoms with Gasteiger partial charge in [0.15, 0.2) is 0 Å². The van der Waals surface area contributed by atoms with Crippen molar-refractivity contribution in [1.29, 1.82) is 0 Å². The second kappa shape index (κ2) is 15.3. The minimum absolute atomic E-state index is 0. The average Bonchev–Trinajstić information content (AvgIpc) is 2.08. The monoisotopic (exact) mass is 236 g/mol. The lowest BCUT2D eigenvalue weighted by atomic mass is 10.2. The molecule has 0 amide bonds. The van der Waals surface area contributed by atoms with Crippen LogP contribution in [0.4, 0.5) is 0 Å². The number of benzene rings is 1. The van der Waals surface area contributed by atoms with Crippen LogP contribution < -0.4 is 0 Å². The van der Waals surface area contributed by atoms with E-state index in [1.165, 1.54) is 24.8 Å². The average molecular weight is 237 g/mol. The molecule has 2 heteroatoms. The van der Waals surface area contributed by atoms with Gasteiger partial charge in [-0.2, -0.15) is 0 Å². The number of aryl methyl sites for hydroxylation is 1. The first-order valence-electron chi connectivity index (χ1n) is 4.82. The van der Waals surface area contributed by atoms with Gasteiger partial charge in [0.05, 0.1) is 0 Å². The van der Waals surface area contributed by atoms with Crippen LogP contribution in [0.5, 0.6) is 0 Å². The summed E-state index contributed by atoms with van der Waals surface area (Å²) in [4.78, 5) is 0. The molecule has 0 N–H and O–H groups in total. The molecule has 0 aromatic heterocycles. The van der Waals surface area contributed by atoms with E-state index >= 15 is 0 Å². The summed E-state index contributed by atoms with van der Waals surface area (Å²) in [6.07, 6.45) is 4.08. The normalized spacial score (nSPS) is 7.36. The molecule has 0 aliphatic heterocycles. The summed E-state index contributed by atoms with van der Waals surface area (Å²) in [6.45, 7) is 6.51. The van der Waals surface area contributed by atoms with Crippen molar-refractivity contribution >= 4 is 24.8 Å². The van der Waals surface area contributed by atoms with Crippen LogP contribution in [-0.4, -0.2) is 0 Å². The number of rotatable bonds is 2. The minimum Gasteiger partial charge on any atom is -0.147 e. The number of hydrogen-bond acceptors (Lipinski definition) is 0. The van der Waals surface area contributed by atoms with Crippen molar-refractivity contribution in [2.45, 2.75) is 40.0 Å². The molecule has 0 fully saturated rings. The summed E-state index contributed by atoms with van der Waals surface area (Å²) in [6, 6.07) is 10.3. The Hall–Kier alpha value is -0.200. The van der Waals surface area contributed by atoms with Crippen LogP contribution in [0.1, 0.15) is 38.7 Å². The van der Waals surface area contributed by atoms with Gasteiger partial charge in [0, 0.05) is 0 Å². The van der Waals surface area contributed by atoms with E-state index in [4.69, 9.17) is 0 Å². The second-order valence-electron chi connectivity index (χ2n) is 3.01. The van der Waals surface area contributed by atoms with E-state index in [1.807, 2.05) is 18.2 Å². The second-order valence-corrected chi connectivity index (χ2v) is 3.01. The van der Waals surface area contributed by atoms with E-state index < -0.39 is 0 Å². The Labute approximate surface area is 101 Å². The zero-order chi connectivity index (χ0) is 9.23. The van der Waals surface area contributed by atoms with Gasteiger partial charge in [0.1, 0.15) is 0 Å². The third kappa shape index (κ3) is 14.3. The first-order chi connectivity index (χ1) is 5.81. The zero-order valence-electron chi connectivity index (χ0n) is 9.32. The molecule has 0 spiro atoms. The molecule has 0 aliphatic carbocycles. The van der Waals surface area contributed by atoms with Gasteiger partial charge in [-0.25, -0.2) is 0 Å². The van der Waals surface area contributed by atoms with E-state index in [-0.39, 0.29) is 24.8 Å². The molecule has 1 aromatic rings. The number of halogens is 2. The fraction of sp³-hybridized carbons (Fsp3) is 0.500. The Kier molecular flexibility index (Phi) is 21.2. The van der Waals surface area contributed by atoms with Crippen LogP contribution in [0.2, 0.25) is 0 Å². The van der Waals surface area contributed by atoms with E-state index in [0.717, 1.165) is 0 Å². The topological polar surface area (TPSA) is 0 Å². The molecule has 0 unspecified atom stereocenters. The fourth-order valence-corrected chi connectivity index (χ4v) is 0.888. The smallest absolute Gasteiger partial charge is 0.0398 e. The Morgan fingerprint density at radius 3 is 1.43 bits per heavy atom. The van der Waals surface area contributed by atoms with Crippen molar-refractivity contribution in [2.75, 3.05) is 0 Å². The number of hydrogen-bond donors (Lipinski definition) is 0. The van der Waals surface area contributed by atoms with Crippen molar-refractivity contribution in [1.82, 2.24) is 0 Å². The molecule has 0 bridgehead atoms. The number of unbranched alkanes of at least 4 members (excludes halogenated alkanes) is 2. The van der Waals surface area contributed by atoms with Gasteiger partial charge in [0.2, 0.25) is 0 Å². The summed E-state index contributed by atoms with van der Waals surface area (Å²) >= 11 is 0. The molecular formula is C12H22Cl2. The van der Waals surface area contributed by atoms with Crippen LogP contribution in [0.3, 0.4) is 0 Å². The first kappa shape index (κ1) is 19.4. The Balaban J connectivity index is -0.000000159. The lowest BCUT2D eigenvalue weighted by Crippen LogP contribution is -1.62. The molecule has 84 valence electrons. The molecule has 0 atom stereocenters. The van der Waals surface area contributed by atoms with Crippen LogP contribution >= 0.6 is 24.8 Å². The standard InChI is InChI=1S/C7H8.C5H12.2ClH/c1-7-5-3-2-4-6-7;1-3-5-4-2;;/h2-6H,1H3;3-5H2,1-2H3;2*1H. The molecule has 1 rings (SSSR count). The van der Waals surface area contributed by atoms with Crippen LogP contribution in [0.15, 0.2) is 30.3 Å². The van der Waals surface area contributed by atoms with Crippen LogP contribution in [0.25, 0.3) is 0 Å². The van der Waals surface area contributed by atoms with Gasteiger partial charge in [-0.05, 0) is 6.92 Å². The van der Waals surface area contributed by atoms with Crippen LogP contribution in [-0.2, 0) is 0 Å². The van der Waals surface area contributed by atoms with Crippen LogP contribution in [0, 0.1) is 6.92 Å². The lowest BCUT2D eigenvalue weighted by molar-refractivity contribution is 0.772. The Morgan fingerprint density at radius 2 is 1.29 bits per heavy atom. The van der Waals surface area contributed by atoms with Gasteiger partial charge in [-0.3, -0.25) is 0 Å². The maximum Gasteiger partial charge on any atom is -0.0398 e. The summed E-state index contributed by atoms with van der Waals surface area (Å²) in [5.41, 5.74) is 1.32. The first-order valence-corrected chi connectivity index (χ1v) is 4.82. The van der Waals surface area contributed by atoms with Crippen molar-refractivity contribution in [3.8, 4) is 0 Å². The summed E-state index contributed by atoms with van der Waals surface area (Å²) in [7, 11) is 0. The predicted molar refractivity (Wildman–Crippen MR) is 70.9 cm³/mol. The SMILES string of the molecule is CCCCC.Cc1ccccc1.Cl.Cl. The highest BCUT2D eigenvalue weighted by atomic mass is 35.5. The van der Waals surface area contributed by atoms with E-state index in [1.54, 1.807) is 0 Å². The summed E-state index contributed by atoms with van der Waals surface area (Å²) < 4.78 is 0. The zero-order valence-corrected chi connectivity index (χ0v) is 11.0. The molecule has 0 heterocycles. The summed E-state index contributed by atoms with van der Waals surface area (Å²) in [5, 5.41) is 0. The van der Waals surface area contributed by atoms with Crippen molar-refractivity contribution in [2.24, 2.45) is 0 Å². The van der Waals surface area contributed by atoms with E-state index in [9.17, 15) is 0 Å². The highest BCUT2D eigenvalue weighted by Crippen LogP contribution is 1.92.